The molecule has 1 fully saturated rings. The summed E-state index contributed by atoms with van der Waals surface area (Å²) < 4.78 is 0. The van der Waals surface area contributed by atoms with Crippen molar-refractivity contribution >= 4 is 34.2 Å². The zero-order valence-electron chi connectivity index (χ0n) is 15.3. The minimum absolute atomic E-state index is 0.579. The Hall–Kier alpha value is -2.30. The van der Waals surface area contributed by atoms with Gasteiger partial charge in [-0.15, -0.1) is 0 Å². The van der Waals surface area contributed by atoms with E-state index < -0.39 is 0 Å². The standard InChI is InChI=1S/C22H20Cl2N4/c23-15-7-4-8-16(24)20(15)22-26-17-10-9-14(11-18(17)27-22)21-25-12-19(28-21)13-5-2-1-3-6-13/h4,7-13H,1-3,5-6H2,(H,25,28)(H,26,27). The van der Waals surface area contributed by atoms with Gasteiger partial charge in [-0.25, -0.2) is 9.97 Å². The van der Waals surface area contributed by atoms with E-state index in [-0.39, 0.29) is 0 Å². The van der Waals surface area contributed by atoms with Gasteiger partial charge in [0.05, 0.1) is 26.6 Å². The van der Waals surface area contributed by atoms with Crippen molar-refractivity contribution in [2.45, 2.75) is 38.0 Å². The molecule has 5 rings (SSSR count). The van der Waals surface area contributed by atoms with Crippen molar-refractivity contribution < 1.29 is 0 Å². The Kier molecular flexibility index (Phi) is 4.61. The molecule has 0 atom stereocenters. The predicted molar refractivity (Wildman–Crippen MR) is 115 cm³/mol. The van der Waals surface area contributed by atoms with Crippen LogP contribution in [0, 0.1) is 0 Å². The maximum absolute atomic E-state index is 6.34. The molecule has 0 spiro atoms. The fraction of sp³-hybridized carbons (Fsp3) is 0.273. The number of benzene rings is 2. The molecule has 0 radical (unpaired) electrons. The van der Waals surface area contributed by atoms with E-state index in [0.717, 1.165) is 28.0 Å². The molecule has 4 nitrogen and oxygen atoms in total. The number of nitrogens with zero attached hydrogens (tertiary/aromatic N) is 2. The first-order chi connectivity index (χ1) is 13.7. The molecule has 2 aromatic heterocycles. The molecule has 0 amide bonds. The SMILES string of the molecule is Clc1cccc(Cl)c1-c1nc2ccc(-c3ncc(C4CCCCC4)[nH]3)cc2[nH]1. The summed E-state index contributed by atoms with van der Waals surface area (Å²) in [4.78, 5) is 16.2. The van der Waals surface area contributed by atoms with Crippen LogP contribution >= 0.6 is 23.2 Å². The van der Waals surface area contributed by atoms with Crippen molar-refractivity contribution in [3.63, 3.8) is 0 Å². The second-order valence-electron chi connectivity index (χ2n) is 7.44. The second-order valence-corrected chi connectivity index (χ2v) is 8.25. The van der Waals surface area contributed by atoms with Gasteiger partial charge in [0.15, 0.2) is 0 Å². The summed E-state index contributed by atoms with van der Waals surface area (Å²) in [7, 11) is 0. The number of halogens is 2. The Labute approximate surface area is 173 Å². The van der Waals surface area contributed by atoms with Gasteiger partial charge in [-0.2, -0.15) is 0 Å². The van der Waals surface area contributed by atoms with Crippen LogP contribution in [0.4, 0.5) is 0 Å². The largest absolute Gasteiger partial charge is 0.342 e. The molecule has 2 heterocycles. The zero-order chi connectivity index (χ0) is 19.1. The number of nitrogens with one attached hydrogen (secondary N) is 2. The summed E-state index contributed by atoms with van der Waals surface area (Å²) >= 11 is 12.7. The van der Waals surface area contributed by atoms with E-state index >= 15 is 0 Å². The Morgan fingerprint density at radius 1 is 0.893 bits per heavy atom. The van der Waals surface area contributed by atoms with Gasteiger partial charge in [0.2, 0.25) is 0 Å². The van der Waals surface area contributed by atoms with E-state index in [1.54, 1.807) is 0 Å². The number of imidazole rings is 2. The third-order valence-electron chi connectivity index (χ3n) is 5.60. The number of rotatable bonds is 3. The van der Waals surface area contributed by atoms with Gasteiger partial charge in [0, 0.05) is 23.4 Å². The number of H-pyrrole nitrogens is 2. The Balaban J connectivity index is 1.50. The van der Waals surface area contributed by atoms with E-state index in [1.807, 2.05) is 36.5 Å². The number of aromatic amines is 2. The molecule has 0 unspecified atom stereocenters. The van der Waals surface area contributed by atoms with Crippen LogP contribution in [0.2, 0.25) is 10.0 Å². The van der Waals surface area contributed by atoms with E-state index in [0.29, 0.717) is 21.8 Å². The summed E-state index contributed by atoms with van der Waals surface area (Å²) in [5.41, 5.74) is 4.81. The molecule has 28 heavy (non-hydrogen) atoms. The van der Waals surface area contributed by atoms with Crippen molar-refractivity contribution in [3.8, 4) is 22.8 Å². The minimum Gasteiger partial charge on any atom is -0.342 e. The monoisotopic (exact) mass is 410 g/mol. The van der Waals surface area contributed by atoms with Crippen LogP contribution in [0.25, 0.3) is 33.8 Å². The normalized spacial score (nSPS) is 15.4. The fourth-order valence-corrected chi connectivity index (χ4v) is 4.68. The van der Waals surface area contributed by atoms with Crippen molar-refractivity contribution in [2.75, 3.05) is 0 Å². The van der Waals surface area contributed by atoms with Crippen molar-refractivity contribution in [1.29, 1.82) is 0 Å². The van der Waals surface area contributed by atoms with Crippen molar-refractivity contribution in [2.24, 2.45) is 0 Å². The van der Waals surface area contributed by atoms with Gasteiger partial charge >= 0.3 is 0 Å². The average Bonchev–Trinajstić information content (AvgIpc) is 3.35. The van der Waals surface area contributed by atoms with E-state index in [2.05, 4.69) is 26.0 Å². The molecule has 0 aliphatic heterocycles. The van der Waals surface area contributed by atoms with Gasteiger partial charge in [-0.05, 0) is 43.2 Å². The van der Waals surface area contributed by atoms with Crippen molar-refractivity contribution in [3.05, 3.63) is 58.3 Å². The first-order valence-electron chi connectivity index (χ1n) is 9.68. The third-order valence-corrected chi connectivity index (χ3v) is 6.23. The molecular formula is C22H20Cl2N4. The van der Waals surface area contributed by atoms with Gasteiger partial charge in [0.1, 0.15) is 11.6 Å². The highest BCUT2D eigenvalue weighted by atomic mass is 35.5. The average molecular weight is 411 g/mol. The Morgan fingerprint density at radius 3 is 2.46 bits per heavy atom. The Morgan fingerprint density at radius 2 is 1.68 bits per heavy atom. The highest BCUT2D eigenvalue weighted by molar-refractivity contribution is 6.39. The van der Waals surface area contributed by atoms with E-state index in [9.17, 15) is 0 Å². The maximum atomic E-state index is 6.34. The molecule has 4 aromatic rings. The summed E-state index contributed by atoms with van der Waals surface area (Å²) in [6, 6.07) is 11.6. The molecule has 0 saturated heterocycles. The highest BCUT2D eigenvalue weighted by Gasteiger charge is 2.18. The van der Waals surface area contributed by atoms with Gasteiger partial charge in [-0.1, -0.05) is 48.5 Å². The highest BCUT2D eigenvalue weighted by Crippen LogP contribution is 2.35. The lowest BCUT2D eigenvalue weighted by Gasteiger charge is -2.19. The topological polar surface area (TPSA) is 57.4 Å². The number of aromatic nitrogens is 4. The number of hydrogen-bond acceptors (Lipinski definition) is 2. The molecule has 2 aromatic carbocycles. The molecule has 6 heteroatoms. The first-order valence-corrected chi connectivity index (χ1v) is 10.4. The molecule has 0 bridgehead atoms. The smallest absolute Gasteiger partial charge is 0.141 e. The summed E-state index contributed by atoms with van der Waals surface area (Å²) in [6.45, 7) is 0. The van der Waals surface area contributed by atoms with Crippen LogP contribution in [0.1, 0.15) is 43.7 Å². The molecule has 1 aliphatic rings. The number of hydrogen-bond donors (Lipinski definition) is 2. The van der Waals surface area contributed by atoms with Crippen LogP contribution in [-0.2, 0) is 0 Å². The second kappa shape index (κ2) is 7.26. The van der Waals surface area contributed by atoms with Crippen LogP contribution in [-0.4, -0.2) is 19.9 Å². The molecular weight excluding hydrogens is 391 g/mol. The first kappa shape index (κ1) is 17.8. The lowest BCUT2D eigenvalue weighted by atomic mass is 9.87. The lowest BCUT2D eigenvalue weighted by molar-refractivity contribution is 0.438. The summed E-state index contributed by atoms with van der Waals surface area (Å²) in [5.74, 6) is 2.18. The van der Waals surface area contributed by atoms with Crippen molar-refractivity contribution in [1.82, 2.24) is 19.9 Å². The van der Waals surface area contributed by atoms with Gasteiger partial charge in [0.25, 0.3) is 0 Å². The Bertz CT molecular complexity index is 1120. The number of fused-ring (bicyclic) bond motifs is 1. The maximum Gasteiger partial charge on any atom is 0.141 e. The zero-order valence-corrected chi connectivity index (χ0v) is 16.8. The summed E-state index contributed by atoms with van der Waals surface area (Å²) in [6.07, 6.45) is 8.48. The molecule has 142 valence electrons. The van der Waals surface area contributed by atoms with Crippen LogP contribution in [0.3, 0.4) is 0 Å². The molecule has 1 saturated carbocycles. The third kappa shape index (κ3) is 3.21. The summed E-state index contributed by atoms with van der Waals surface area (Å²) in [5, 5.41) is 1.16. The van der Waals surface area contributed by atoms with Gasteiger partial charge < -0.3 is 9.97 Å². The lowest BCUT2D eigenvalue weighted by Crippen LogP contribution is -2.04. The predicted octanol–water partition coefficient (Wildman–Crippen LogP) is 6.97. The molecule has 2 N–H and O–H groups in total. The minimum atomic E-state index is 0.579. The van der Waals surface area contributed by atoms with Gasteiger partial charge in [-0.3, -0.25) is 0 Å². The van der Waals surface area contributed by atoms with Crippen LogP contribution in [0.5, 0.6) is 0 Å². The van der Waals surface area contributed by atoms with Crippen LogP contribution in [0.15, 0.2) is 42.6 Å². The van der Waals surface area contributed by atoms with E-state index in [4.69, 9.17) is 23.2 Å². The molecule has 1 aliphatic carbocycles. The van der Waals surface area contributed by atoms with Crippen LogP contribution < -0.4 is 0 Å². The fourth-order valence-electron chi connectivity index (χ4n) is 4.10. The van der Waals surface area contributed by atoms with E-state index in [1.165, 1.54) is 37.8 Å². The quantitative estimate of drug-likeness (QED) is 0.382.